The van der Waals surface area contributed by atoms with Gasteiger partial charge < -0.3 is 20.5 Å². The molecule has 2 aromatic rings. The first-order valence-electron chi connectivity index (χ1n) is 9.30. The SMILES string of the molecule is C[C@]1(c2cc(NC(=O)c3ccc(OCC(F)F)cn3)ccc2F)N=C(N)COCC1(F)F. The average molecular weight is 458 g/mol. The molecule has 3 N–H and O–H groups in total. The molecule has 3 rings (SSSR count). The van der Waals surface area contributed by atoms with Gasteiger partial charge in [-0.25, -0.2) is 26.9 Å². The van der Waals surface area contributed by atoms with Gasteiger partial charge in [0.25, 0.3) is 18.3 Å². The number of rotatable bonds is 6. The van der Waals surface area contributed by atoms with Crippen LogP contribution in [0.15, 0.2) is 41.5 Å². The fourth-order valence-electron chi connectivity index (χ4n) is 3.01. The van der Waals surface area contributed by atoms with Crippen LogP contribution in [0, 0.1) is 5.82 Å². The molecule has 1 aromatic carbocycles. The van der Waals surface area contributed by atoms with E-state index in [-0.39, 0.29) is 29.6 Å². The average Bonchev–Trinajstić information content (AvgIpc) is 2.83. The Hall–Kier alpha value is -3.28. The molecule has 0 unspecified atom stereocenters. The molecule has 0 saturated heterocycles. The van der Waals surface area contributed by atoms with Crippen LogP contribution in [0.25, 0.3) is 0 Å². The summed E-state index contributed by atoms with van der Waals surface area (Å²) in [6.45, 7) is -1.15. The normalized spacial score (nSPS) is 20.4. The van der Waals surface area contributed by atoms with Gasteiger partial charge in [0, 0.05) is 11.3 Å². The topological polar surface area (TPSA) is 98.8 Å². The third-order valence-electron chi connectivity index (χ3n) is 4.71. The Morgan fingerprint density at radius 1 is 1.31 bits per heavy atom. The number of nitrogens with one attached hydrogen (secondary N) is 1. The Labute approximate surface area is 179 Å². The first kappa shape index (κ1) is 23.4. The number of ether oxygens (including phenoxy) is 2. The summed E-state index contributed by atoms with van der Waals surface area (Å²) in [5, 5.41) is 2.42. The molecule has 1 aromatic heterocycles. The maximum Gasteiger partial charge on any atom is 0.299 e. The molecule has 1 aliphatic heterocycles. The van der Waals surface area contributed by atoms with E-state index in [0.29, 0.717) is 0 Å². The Balaban J connectivity index is 1.84. The Bertz CT molecular complexity index is 1020. The van der Waals surface area contributed by atoms with Gasteiger partial charge in [-0.3, -0.25) is 9.79 Å². The summed E-state index contributed by atoms with van der Waals surface area (Å²) in [4.78, 5) is 20.0. The third kappa shape index (κ3) is 4.96. The lowest BCUT2D eigenvalue weighted by molar-refractivity contribution is -0.116. The summed E-state index contributed by atoms with van der Waals surface area (Å²) in [5.74, 6) is -5.49. The van der Waals surface area contributed by atoms with Gasteiger partial charge in [-0.2, -0.15) is 0 Å². The Morgan fingerprint density at radius 2 is 2.06 bits per heavy atom. The second kappa shape index (κ2) is 9.07. The highest BCUT2D eigenvalue weighted by molar-refractivity contribution is 6.02. The van der Waals surface area contributed by atoms with E-state index < -0.39 is 48.4 Å². The van der Waals surface area contributed by atoms with Crippen molar-refractivity contribution in [2.24, 2.45) is 10.7 Å². The van der Waals surface area contributed by atoms with Gasteiger partial charge in [0.1, 0.15) is 42.9 Å². The van der Waals surface area contributed by atoms with Crippen molar-refractivity contribution in [3.8, 4) is 5.75 Å². The number of hydrogen-bond donors (Lipinski definition) is 2. The predicted molar refractivity (Wildman–Crippen MR) is 105 cm³/mol. The number of benzene rings is 1. The summed E-state index contributed by atoms with van der Waals surface area (Å²) in [6.07, 6.45) is -1.59. The van der Waals surface area contributed by atoms with E-state index in [1.807, 2.05) is 0 Å². The second-order valence-electron chi connectivity index (χ2n) is 7.10. The number of nitrogens with two attached hydrogens (primary N) is 1. The number of carbonyl (C=O) groups is 1. The smallest absolute Gasteiger partial charge is 0.299 e. The van der Waals surface area contributed by atoms with E-state index >= 15 is 0 Å². The number of hydrogen-bond acceptors (Lipinski definition) is 6. The van der Waals surface area contributed by atoms with Crippen molar-refractivity contribution in [3.63, 3.8) is 0 Å². The monoisotopic (exact) mass is 458 g/mol. The minimum atomic E-state index is -3.59. The van der Waals surface area contributed by atoms with Crippen LogP contribution < -0.4 is 15.8 Å². The largest absolute Gasteiger partial charge is 0.486 e. The number of amides is 1. The summed E-state index contributed by atoms with van der Waals surface area (Å²) in [5.41, 5.74) is 2.63. The number of aromatic nitrogens is 1. The van der Waals surface area contributed by atoms with Crippen molar-refractivity contribution in [1.82, 2.24) is 4.98 Å². The zero-order valence-electron chi connectivity index (χ0n) is 16.7. The molecule has 172 valence electrons. The number of pyridine rings is 1. The molecule has 0 bridgehead atoms. The molecule has 32 heavy (non-hydrogen) atoms. The van der Waals surface area contributed by atoms with Gasteiger partial charge in [0.2, 0.25) is 0 Å². The second-order valence-corrected chi connectivity index (χ2v) is 7.10. The summed E-state index contributed by atoms with van der Waals surface area (Å²) in [7, 11) is 0. The molecule has 1 atom stereocenters. The summed E-state index contributed by atoms with van der Waals surface area (Å²) >= 11 is 0. The first-order chi connectivity index (χ1) is 15.0. The number of alkyl halides is 4. The van der Waals surface area contributed by atoms with Crippen LogP contribution in [0.1, 0.15) is 23.0 Å². The van der Waals surface area contributed by atoms with Crippen LogP contribution in [0.2, 0.25) is 0 Å². The molecule has 0 aliphatic carbocycles. The van der Waals surface area contributed by atoms with E-state index in [0.717, 1.165) is 25.3 Å². The first-order valence-corrected chi connectivity index (χ1v) is 9.30. The number of nitrogens with zero attached hydrogens (tertiary/aromatic N) is 2. The Morgan fingerprint density at radius 3 is 2.72 bits per heavy atom. The molecule has 7 nitrogen and oxygen atoms in total. The molecule has 12 heteroatoms. The standard InChI is InChI=1S/C20H19F5N4O3/c1-19(20(24,25)10-31-9-17(26)29-19)13-6-11(2-4-14(13)21)28-18(30)15-5-3-12(7-27-15)32-8-16(22)23/h2-7,16H,8-10H2,1H3,(H2,26,29)(H,28,30)/t19-/m1/s1. The van der Waals surface area contributed by atoms with E-state index in [4.69, 9.17) is 15.2 Å². The zero-order chi connectivity index (χ0) is 23.5. The number of carbonyl (C=O) groups excluding carboxylic acids is 1. The number of aliphatic imine (C=N–C) groups is 1. The van der Waals surface area contributed by atoms with E-state index in [1.54, 1.807) is 0 Å². The minimum absolute atomic E-state index is 0.00203. The van der Waals surface area contributed by atoms with Crippen molar-refractivity contribution in [1.29, 1.82) is 0 Å². The van der Waals surface area contributed by atoms with Gasteiger partial charge in [-0.15, -0.1) is 0 Å². The van der Waals surface area contributed by atoms with Crippen LogP contribution >= 0.6 is 0 Å². The lowest BCUT2D eigenvalue weighted by atomic mass is 9.85. The highest BCUT2D eigenvalue weighted by Gasteiger charge is 2.54. The van der Waals surface area contributed by atoms with E-state index in [2.05, 4.69) is 15.3 Å². The van der Waals surface area contributed by atoms with Crippen molar-refractivity contribution < 1.29 is 36.2 Å². The molecule has 1 aliphatic rings. The van der Waals surface area contributed by atoms with Crippen molar-refractivity contribution in [2.75, 3.05) is 25.1 Å². The molecule has 0 spiro atoms. The predicted octanol–water partition coefficient (Wildman–Crippen LogP) is 3.35. The van der Waals surface area contributed by atoms with Gasteiger partial charge in [-0.05, 0) is 37.3 Å². The molecule has 0 fully saturated rings. The molecule has 0 radical (unpaired) electrons. The van der Waals surface area contributed by atoms with Gasteiger partial charge >= 0.3 is 0 Å². The summed E-state index contributed by atoms with van der Waals surface area (Å²) in [6, 6.07) is 5.62. The fraction of sp³-hybridized carbons (Fsp3) is 0.350. The highest BCUT2D eigenvalue weighted by Crippen LogP contribution is 2.44. The molecule has 2 heterocycles. The lowest BCUT2D eigenvalue weighted by Gasteiger charge is -2.33. The zero-order valence-corrected chi connectivity index (χ0v) is 16.7. The quantitative estimate of drug-likeness (QED) is 0.647. The van der Waals surface area contributed by atoms with Gasteiger partial charge in [0.05, 0.1) is 6.20 Å². The maximum atomic E-state index is 14.8. The summed E-state index contributed by atoms with van der Waals surface area (Å²) < 4.78 is 78.0. The van der Waals surface area contributed by atoms with Crippen LogP contribution in [0.5, 0.6) is 5.75 Å². The number of anilines is 1. The van der Waals surface area contributed by atoms with Crippen LogP contribution in [0.4, 0.5) is 27.6 Å². The number of amidine groups is 1. The van der Waals surface area contributed by atoms with E-state index in [9.17, 15) is 26.7 Å². The molecule has 1 amide bonds. The van der Waals surface area contributed by atoms with Crippen molar-refractivity contribution >= 4 is 17.4 Å². The highest BCUT2D eigenvalue weighted by atomic mass is 19.3. The number of halogens is 5. The van der Waals surface area contributed by atoms with Crippen LogP contribution in [-0.2, 0) is 10.3 Å². The van der Waals surface area contributed by atoms with E-state index in [1.165, 1.54) is 18.2 Å². The van der Waals surface area contributed by atoms with Crippen LogP contribution in [0.3, 0.4) is 0 Å². The van der Waals surface area contributed by atoms with Crippen molar-refractivity contribution in [3.05, 3.63) is 53.6 Å². The third-order valence-corrected chi connectivity index (χ3v) is 4.71. The van der Waals surface area contributed by atoms with Crippen molar-refractivity contribution in [2.45, 2.75) is 24.8 Å². The maximum absolute atomic E-state index is 14.8. The van der Waals surface area contributed by atoms with Gasteiger partial charge in [-0.1, -0.05) is 0 Å². The lowest BCUT2D eigenvalue weighted by Crippen LogP contribution is -2.45. The van der Waals surface area contributed by atoms with Gasteiger partial charge in [0.15, 0.2) is 5.54 Å². The molecular weight excluding hydrogens is 439 g/mol. The molecular formula is C20H19F5N4O3. The fourth-order valence-corrected chi connectivity index (χ4v) is 3.01. The molecule has 0 saturated carbocycles. The Kier molecular flexibility index (Phi) is 6.63. The van der Waals surface area contributed by atoms with Crippen LogP contribution in [-0.4, -0.2) is 48.9 Å². The minimum Gasteiger partial charge on any atom is -0.486 e.